The van der Waals surface area contributed by atoms with Gasteiger partial charge in [0.2, 0.25) is 0 Å². The first-order valence-electron chi connectivity index (χ1n) is 4.45. The molecule has 0 atom stereocenters. The van der Waals surface area contributed by atoms with Crippen LogP contribution in [-0.4, -0.2) is 18.1 Å². The molecule has 0 amide bonds. The van der Waals surface area contributed by atoms with E-state index in [4.69, 9.17) is 0 Å². The molecular weight excluding hydrogens is 385 g/mol. The highest BCUT2D eigenvalue weighted by Crippen LogP contribution is 2.25. The Bertz CT molecular complexity index is 571. The summed E-state index contributed by atoms with van der Waals surface area (Å²) >= 11 is 5.68. The SMILES string of the molecule is COC(=O)c1cc2cc(I)c(Br)cc2cn1. The number of pyridine rings is 1. The van der Waals surface area contributed by atoms with E-state index in [2.05, 4.69) is 48.2 Å². The van der Waals surface area contributed by atoms with Gasteiger partial charge in [0.25, 0.3) is 0 Å². The number of carbonyl (C=O) groups excluding carboxylic acids is 1. The summed E-state index contributed by atoms with van der Waals surface area (Å²) in [6, 6.07) is 5.70. The molecule has 0 aliphatic heterocycles. The van der Waals surface area contributed by atoms with Gasteiger partial charge in [-0.05, 0) is 62.1 Å². The molecule has 0 fully saturated rings. The van der Waals surface area contributed by atoms with Gasteiger partial charge in [-0.15, -0.1) is 0 Å². The van der Waals surface area contributed by atoms with Crippen molar-refractivity contribution >= 4 is 55.3 Å². The molecular formula is C11H7BrINO2. The predicted octanol–water partition coefficient (Wildman–Crippen LogP) is 3.39. The van der Waals surface area contributed by atoms with Crippen molar-refractivity contribution in [3.8, 4) is 0 Å². The van der Waals surface area contributed by atoms with Crippen LogP contribution in [0.2, 0.25) is 0 Å². The second-order valence-electron chi connectivity index (χ2n) is 3.17. The third kappa shape index (κ3) is 2.20. The number of ether oxygens (including phenoxy) is 1. The van der Waals surface area contributed by atoms with Crippen LogP contribution in [0.15, 0.2) is 28.9 Å². The van der Waals surface area contributed by atoms with Crippen LogP contribution >= 0.6 is 38.5 Å². The van der Waals surface area contributed by atoms with Crippen LogP contribution in [0.4, 0.5) is 0 Å². The predicted molar refractivity (Wildman–Crippen MR) is 73.5 cm³/mol. The summed E-state index contributed by atoms with van der Waals surface area (Å²) in [4.78, 5) is 15.4. The number of halogens is 2. The Morgan fingerprint density at radius 3 is 2.81 bits per heavy atom. The second-order valence-corrected chi connectivity index (χ2v) is 5.19. The van der Waals surface area contributed by atoms with E-state index in [1.54, 1.807) is 12.3 Å². The normalized spacial score (nSPS) is 10.4. The number of nitrogens with zero attached hydrogens (tertiary/aromatic N) is 1. The molecule has 1 aromatic heterocycles. The minimum Gasteiger partial charge on any atom is -0.464 e. The zero-order valence-corrected chi connectivity index (χ0v) is 12.1. The van der Waals surface area contributed by atoms with Crippen molar-refractivity contribution in [3.05, 3.63) is 38.1 Å². The number of hydrogen-bond acceptors (Lipinski definition) is 3. The van der Waals surface area contributed by atoms with Crippen molar-refractivity contribution in [2.45, 2.75) is 0 Å². The van der Waals surface area contributed by atoms with E-state index < -0.39 is 5.97 Å². The van der Waals surface area contributed by atoms with E-state index >= 15 is 0 Å². The summed E-state index contributed by atoms with van der Waals surface area (Å²) in [7, 11) is 1.35. The van der Waals surface area contributed by atoms with Crippen LogP contribution in [0.3, 0.4) is 0 Å². The van der Waals surface area contributed by atoms with Gasteiger partial charge in [-0.3, -0.25) is 0 Å². The van der Waals surface area contributed by atoms with Gasteiger partial charge in [0.1, 0.15) is 5.69 Å². The minimum absolute atomic E-state index is 0.327. The van der Waals surface area contributed by atoms with Gasteiger partial charge < -0.3 is 4.74 Å². The summed E-state index contributed by atoms with van der Waals surface area (Å²) in [5.74, 6) is -0.417. The lowest BCUT2D eigenvalue weighted by molar-refractivity contribution is 0.0594. The number of fused-ring (bicyclic) bond motifs is 1. The molecule has 0 bridgehead atoms. The van der Waals surface area contributed by atoms with Crippen molar-refractivity contribution in [2.75, 3.05) is 7.11 Å². The van der Waals surface area contributed by atoms with E-state index in [-0.39, 0.29) is 0 Å². The maximum absolute atomic E-state index is 11.3. The molecule has 0 N–H and O–H groups in total. The number of hydrogen-bond donors (Lipinski definition) is 0. The Morgan fingerprint density at radius 1 is 1.38 bits per heavy atom. The van der Waals surface area contributed by atoms with Crippen LogP contribution in [0.25, 0.3) is 10.8 Å². The number of rotatable bonds is 1. The molecule has 2 aromatic rings. The highest BCUT2D eigenvalue weighted by atomic mass is 127. The molecule has 0 spiro atoms. The van der Waals surface area contributed by atoms with E-state index in [0.29, 0.717) is 5.69 Å². The lowest BCUT2D eigenvalue weighted by atomic mass is 10.1. The second kappa shape index (κ2) is 4.67. The zero-order valence-electron chi connectivity index (χ0n) is 8.33. The summed E-state index contributed by atoms with van der Waals surface area (Å²) < 4.78 is 6.74. The average Bonchev–Trinajstić information content (AvgIpc) is 2.29. The molecule has 16 heavy (non-hydrogen) atoms. The fourth-order valence-corrected chi connectivity index (χ4v) is 2.21. The van der Waals surface area contributed by atoms with E-state index in [0.717, 1.165) is 18.8 Å². The quantitative estimate of drug-likeness (QED) is 0.552. The zero-order chi connectivity index (χ0) is 11.7. The topological polar surface area (TPSA) is 39.2 Å². The number of benzene rings is 1. The fourth-order valence-electron chi connectivity index (χ4n) is 1.35. The summed E-state index contributed by atoms with van der Waals surface area (Å²) in [5, 5.41) is 1.96. The Morgan fingerprint density at radius 2 is 2.12 bits per heavy atom. The van der Waals surface area contributed by atoms with Crippen LogP contribution < -0.4 is 0 Å². The van der Waals surface area contributed by atoms with Crippen molar-refractivity contribution in [1.82, 2.24) is 4.98 Å². The van der Waals surface area contributed by atoms with Crippen LogP contribution in [0, 0.1) is 3.57 Å². The van der Waals surface area contributed by atoms with Gasteiger partial charge in [-0.1, -0.05) is 0 Å². The third-order valence-electron chi connectivity index (χ3n) is 2.16. The van der Waals surface area contributed by atoms with Gasteiger partial charge in [0.05, 0.1) is 7.11 Å². The molecule has 1 heterocycles. The number of aromatic nitrogens is 1. The number of methoxy groups -OCH3 is 1. The van der Waals surface area contributed by atoms with Gasteiger partial charge in [-0.2, -0.15) is 0 Å². The van der Waals surface area contributed by atoms with Gasteiger partial charge in [0, 0.05) is 19.6 Å². The highest BCUT2D eigenvalue weighted by molar-refractivity contribution is 14.1. The standard InChI is InChI=1S/C11H7BrINO2/c1-16-11(15)10-4-6-3-9(13)8(12)2-7(6)5-14-10/h2-5H,1H3. The molecule has 2 rings (SSSR count). The van der Waals surface area contributed by atoms with E-state index in [1.165, 1.54) is 7.11 Å². The molecule has 0 unspecified atom stereocenters. The van der Waals surface area contributed by atoms with Gasteiger partial charge >= 0.3 is 5.97 Å². The molecule has 3 nitrogen and oxygen atoms in total. The average molecular weight is 392 g/mol. The van der Waals surface area contributed by atoms with Gasteiger partial charge in [-0.25, -0.2) is 9.78 Å². The Kier molecular flexibility index (Phi) is 3.44. The fraction of sp³-hybridized carbons (Fsp3) is 0.0909. The Labute approximate surface area is 114 Å². The lowest BCUT2D eigenvalue weighted by Gasteiger charge is -2.03. The molecule has 0 saturated heterocycles. The summed E-state index contributed by atoms with van der Waals surface area (Å²) in [6.07, 6.45) is 1.67. The first kappa shape index (κ1) is 11.8. The molecule has 0 radical (unpaired) electrons. The van der Waals surface area contributed by atoms with Crippen LogP contribution in [0.1, 0.15) is 10.5 Å². The molecule has 5 heteroatoms. The largest absolute Gasteiger partial charge is 0.464 e. The summed E-state index contributed by atoms with van der Waals surface area (Å²) in [5.41, 5.74) is 0.327. The van der Waals surface area contributed by atoms with Crippen molar-refractivity contribution in [2.24, 2.45) is 0 Å². The molecule has 0 aliphatic carbocycles. The van der Waals surface area contributed by atoms with Crippen molar-refractivity contribution in [1.29, 1.82) is 0 Å². The third-order valence-corrected chi connectivity index (χ3v) is 4.45. The maximum Gasteiger partial charge on any atom is 0.356 e. The Balaban J connectivity index is 2.62. The first-order chi connectivity index (χ1) is 7.61. The summed E-state index contributed by atoms with van der Waals surface area (Å²) in [6.45, 7) is 0. The van der Waals surface area contributed by atoms with Crippen molar-refractivity contribution < 1.29 is 9.53 Å². The smallest absolute Gasteiger partial charge is 0.356 e. The van der Waals surface area contributed by atoms with E-state index in [1.807, 2.05) is 12.1 Å². The minimum atomic E-state index is -0.417. The van der Waals surface area contributed by atoms with Crippen LogP contribution in [-0.2, 0) is 4.74 Å². The van der Waals surface area contributed by atoms with Crippen LogP contribution in [0.5, 0.6) is 0 Å². The van der Waals surface area contributed by atoms with Crippen molar-refractivity contribution in [3.63, 3.8) is 0 Å². The monoisotopic (exact) mass is 391 g/mol. The highest BCUT2D eigenvalue weighted by Gasteiger charge is 2.08. The maximum atomic E-state index is 11.3. The Hall–Kier alpha value is -0.690. The number of esters is 1. The molecule has 82 valence electrons. The molecule has 0 aliphatic rings. The first-order valence-corrected chi connectivity index (χ1v) is 6.32. The molecule has 1 aromatic carbocycles. The number of carbonyl (C=O) groups is 1. The van der Waals surface area contributed by atoms with E-state index in [9.17, 15) is 4.79 Å². The lowest BCUT2D eigenvalue weighted by Crippen LogP contribution is -2.03. The van der Waals surface area contributed by atoms with Gasteiger partial charge in [0.15, 0.2) is 0 Å². The molecule has 0 saturated carbocycles.